The molecule has 0 aliphatic carbocycles. The van der Waals surface area contributed by atoms with Gasteiger partial charge >= 0.3 is 0 Å². The van der Waals surface area contributed by atoms with E-state index in [9.17, 15) is 4.79 Å². The van der Waals surface area contributed by atoms with Crippen LogP contribution in [0, 0.1) is 13.8 Å². The molecule has 1 amide bonds. The summed E-state index contributed by atoms with van der Waals surface area (Å²) in [5, 5.41) is 2.90. The van der Waals surface area contributed by atoms with Crippen LogP contribution in [0.3, 0.4) is 0 Å². The number of amides is 1. The van der Waals surface area contributed by atoms with Crippen molar-refractivity contribution in [3.8, 4) is 5.75 Å². The van der Waals surface area contributed by atoms with Gasteiger partial charge in [0.1, 0.15) is 10.9 Å². The summed E-state index contributed by atoms with van der Waals surface area (Å²) in [5.74, 6) is 0.738. The van der Waals surface area contributed by atoms with E-state index in [-0.39, 0.29) is 24.9 Å². The molecule has 2 aromatic rings. The Bertz CT molecular complexity index is 626. The van der Waals surface area contributed by atoms with Crippen molar-refractivity contribution in [1.82, 2.24) is 9.97 Å². The molecule has 2 rings (SSSR count). The number of nitrogens with zero attached hydrogens (tertiary/aromatic N) is 2. The lowest BCUT2D eigenvalue weighted by molar-refractivity contribution is -0.116. The molecule has 0 saturated heterocycles. The summed E-state index contributed by atoms with van der Waals surface area (Å²) in [6, 6.07) is 9.29. The van der Waals surface area contributed by atoms with Gasteiger partial charge in [-0.25, -0.2) is 9.97 Å². The summed E-state index contributed by atoms with van der Waals surface area (Å²) in [6.07, 6.45) is 0.211. The van der Waals surface area contributed by atoms with E-state index in [1.54, 1.807) is 13.0 Å². The van der Waals surface area contributed by atoms with Crippen molar-refractivity contribution >= 4 is 23.5 Å². The minimum Gasteiger partial charge on any atom is -0.493 e. The number of anilines is 1. The van der Waals surface area contributed by atoms with Crippen molar-refractivity contribution in [3.63, 3.8) is 0 Å². The average molecular weight is 306 g/mol. The average Bonchev–Trinajstić information content (AvgIpc) is 2.37. The van der Waals surface area contributed by atoms with Crippen molar-refractivity contribution in [3.05, 3.63) is 46.7 Å². The zero-order chi connectivity index (χ0) is 15.2. The lowest BCUT2D eigenvalue weighted by Gasteiger charge is -2.07. The number of carbonyl (C=O) groups excluding carboxylic acids is 1. The van der Waals surface area contributed by atoms with Gasteiger partial charge in [-0.05, 0) is 37.6 Å². The molecule has 0 bridgehead atoms. The number of benzene rings is 1. The Morgan fingerprint density at radius 2 is 2.10 bits per heavy atom. The first-order valence-electron chi connectivity index (χ1n) is 6.53. The lowest BCUT2D eigenvalue weighted by atomic mass is 10.2. The number of halogens is 1. The van der Waals surface area contributed by atoms with E-state index in [0.717, 1.165) is 11.3 Å². The van der Waals surface area contributed by atoms with E-state index in [4.69, 9.17) is 16.3 Å². The first-order valence-corrected chi connectivity index (χ1v) is 6.91. The van der Waals surface area contributed by atoms with Gasteiger partial charge in [0.15, 0.2) is 0 Å². The summed E-state index contributed by atoms with van der Waals surface area (Å²) in [7, 11) is 0. The van der Waals surface area contributed by atoms with Crippen LogP contribution in [0.25, 0.3) is 0 Å². The summed E-state index contributed by atoms with van der Waals surface area (Å²) >= 11 is 5.81. The molecule has 1 heterocycles. The van der Waals surface area contributed by atoms with Crippen molar-refractivity contribution < 1.29 is 9.53 Å². The Balaban J connectivity index is 1.82. The van der Waals surface area contributed by atoms with Gasteiger partial charge in [-0.3, -0.25) is 10.1 Å². The van der Waals surface area contributed by atoms with Crippen LogP contribution in [0.2, 0.25) is 5.15 Å². The summed E-state index contributed by atoms with van der Waals surface area (Å²) in [5.41, 5.74) is 1.81. The van der Waals surface area contributed by atoms with Crippen LogP contribution in [-0.4, -0.2) is 22.5 Å². The Kier molecular flexibility index (Phi) is 5.11. The normalized spacial score (nSPS) is 10.2. The molecular formula is C15H16ClN3O2. The van der Waals surface area contributed by atoms with E-state index < -0.39 is 0 Å². The number of nitrogens with one attached hydrogen (secondary N) is 1. The SMILES string of the molecule is Cc1cccc(OCCC(=O)Nc2nc(C)cc(Cl)n2)c1. The Labute approximate surface area is 128 Å². The summed E-state index contributed by atoms with van der Waals surface area (Å²) in [6.45, 7) is 4.05. The minimum atomic E-state index is -0.218. The van der Waals surface area contributed by atoms with Gasteiger partial charge < -0.3 is 4.74 Å². The number of aromatic nitrogens is 2. The van der Waals surface area contributed by atoms with E-state index in [2.05, 4.69) is 15.3 Å². The molecule has 6 heteroatoms. The fourth-order valence-electron chi connectivity index (χ4n) is 1.74. The fourth-order valence-corrected chi connectivity index (χ4v) is 1.98. The highest BCUT2D eigenvalue weighted by Gasteiger charge is 2.06. The van der Waals surface area contributed by atoms with Crippen LogP contribution in [-0.2, 0) is 4.79 Å². The van der Waals surface area contributed by atoms with E-state index >= 15 is 0 Å². The van der Waals surface area contributed by atoms with Gasteiger partial charge in [-0.15, -0.1) is 0 Å². The molecule has 0 radical (unpaired) electrons. The number of aryl methyl sites for hydroxylation is 2. The molecule has 0 unspecified atom stereocenters. The number of ether oxygens (including phenoxy) is 1. The van der Waals surface area contributed by atoms with Gasteiger partial charge in [0, 0.05) is 5.69 Å². The van der Waals surface area contributed by atoms with Crippen LogP contribution < -0.4 is 10.1 Å². The smallest absolute Gasteiger partial charge is 0.231 e. The molecule has 21 heavy (non-hydrogen) atoms. The first-order chi connectivity index (χ1) is 10.0. The van der Waals surface area contributed by atoms with E-state index in [0.29, 0.717) is 10.8 Å². The molecule has 0 spiro atoms. The maximum Gasteiger partial charge on any atom is 0.231 e. The molecule has 0 aliphatic rings. The third-order valence-corrected chi connectivity index (χ3v) is 2.86. The van der Waals surface area contributed by atoms with Gasteiger partial charge in [0.2, 0.25) is 11.9 Å². The third kappa shape index (κ3) is 5.04. The monoisotopic (exact) mass is 305 g/mol. The van der Waals surface area contributed by atoms with Gasteiger partial charge in [0.25, 0.3) is 0 Å². The zero-order valence-corrected chi connectivity index (χ0v) is 12.6. The molecule has 0 atom stereocenters. The van der Waals surface area contributed by atoms with Gasteiger partial charge in [-0.1, -0.05) is 23.7 Å². The molecule has 0 aliphatic heterocycles. The third-order valence-electron chi connectivity index (χ3n) is 2.66. The predicted octanol–water partition coefficient (Wildman–Crippen LogP) is 3.15. The fraction of sp³-hybridized carbons (Fsp3) is 0.267. The zero-order valence-electron chi connectivity index (χ0n) is 11.9. The second kappa shape index (κ2) is 7.04. The molecular weight excluding hydrogens is 290 g/mol. The molecule has 1 aromatic heterocycles. The number of carbonyl (C=O) groups is 1. The van der Waals surface area contributed by atoms with Gasteiger partial charge in [-0.2, -0.15) is 0 Å². The molecule has 0 saturated carbocycles. The van der Waals surface area contributed by atoms with Crippen molar-refractivity contribution in [2.24, 2.45) is 0 Å². The topological polar surface area (TPSA) is 64.1 Å². The van der Waals surface area contributed by atoms with Crippen molar-refractivity contribution in [1.29, 1.82) is 0 Å². The molecule has 5 nitrogen and oxygen atoms in total. The molecule has 1 N–H and O–H groups in total. The van der Waals surface area contributed by atoms with E-state index in [1.807, 2.05) is 31.2 Å². The highest BCUT2D eigenvalue weighted by atomic mass is 35.5. The van der Waals surface area contributed by atoms with Crippen molar-refractivity contribution in [2.75, 3.05) is 11.9 Å². The predicted molar refractivity (Wildman–Crippen MR) is 81.7 cm³/mol. The Hall–Kier alpha value is -2.14. The van der Waals surface area contributed by atoms with Crippen LogP contribution >= 0.6 is 11.6 Å². The molecule has 1 aromatic carbocycles. The first kappa shape index (κ1) is 15.3. The van der Waals surface area contributed by atoms with E-state index in [1.165, 1.54) is 0 Å². The van der Waals surface area contributed by atoms with Crippen LogP contribution in [0.5, 0.6) is 5.75 Å². The molecule has 110 valence electrons. The summed E-state index contributed by atoms with van der Waals surface area (Å²) in [4.78, 5) is 19.8. The Morgan fingerprint density at radius 3 is 2.81 bits per heavy atom. The van der Waals surface area contributed by atoms with Crippen LogP contribution in [0.4, 0.5) is 5.95 Å². The van der Waals surface area contributed by atoms with Crippen LogP contribution in [0.1, 0.15) is 17.7 Å². The van der Waals surface area contributed by atoms with Crippen molar-refractivity contribution in [2.45, 2.75) is 20.3 Å². The van der Waals surface area contributed by atoms with Crippen LogP contribution in [0.15, 0.2) is 30.3 Å². The maximum atomic E-state index is 11.8. The quantitative estimate of drug-likeness (QED) is 0.862. The molecule has 0 fully saturated rings. The second-order valence-corrected chi connectivity index (χ2v) is 5.01. The number of hydrogen-bond donors (Lipinski definition) is 1. The van der Waals surface area contributed by atoms with Gasteiger partial charge in [0.05, 0.1) is 13.0 Å². The lowest BCUT2D eigenvalue weighted by Crippen LogP contribution is -2.17. The standard InChI is InChI=1S/C15H16ClN3O2/c1-10-4-3-5-12(8-10)21-7-6-14(20)19-15-17-11(2)9-13(16)18-15/h3-5,8-9H,6-7H2,1-2H3,(H,17,18,19,20). The second-order valence-electron chi connectivity index (χ2n) is 4.62. The Morgan fingerprint density at radius 1 is 1.29 bits per heavy atom. The number of hydrogen-bond acceptors (Lipinski definition) is 4. The highest BCUT2D eigenvalue weighted by molar-refractivity contribution is 6.29. The number of rotatable bonds is 5. The highest BCUT2D eigenvalue weighted by Crippen LogP contribution is 2.13. The maximum absolute atomic E-state index is 11.8. The largest absolute Gasteiger partial charge is 0.493 e. The minimum absolute atomic E-state index is 0.209. The summed E-state index contributed by atoms with van der Waals surface area (Å²) < 4.78 is 5.51.